The molecule has 0 fully saturated rings. The van der Waals surface area contributed by atoms with Crippen LogP contribution in [0.4, 0.5) is 5.69 Å². The van der Waals surface area contributed by atoms with Crippen LogP contribution in [-0.2, 0) is 0 Å². The molecule has 1 aromatic carbocycles. The lowest BCUT2D eigenvalue weighted by atomic mass is 10.0. The van der Waals surface area contributed by atoms with Gasteiger partial charge < -0.3 is 15.7 Å². The molecule has 0 aliphatic carbocycles. The number of carbonyl (C=O) groups is 1. The number of aliphatic hydroxyl groups excluding tert-OH is 1. The molecule has 0 heterocycles. The van der Waals surface area contributed by atoms with Crippen LogP contribution in [-0.4, -0.2) is 35.1 Å². The highest BCUT2D eigenvalue weighted by molar-refractivity contribution is 5.97. The topological polar surface area (TPSA) is 66.6 Å². The second kappa shape index (κ2) is 7.29. The van der Waals surface area contributed by atoms with Crippen molar-refractivity contribution in [1.82, 2.24) is 4.90 Å². The second-order valence-corrected chi connectivity index (χ2v) is 5.22. The van der Waals surface area contributed by atoms with Crippen molar-refractivity contribution in [2.75, 3.05) is 18.9 Å². The molecule has 0 radical (unpaired) electrons. The molecular formula is C16H26N2O2. The summed E-state index contributed by atoms with van der Waals surface area (Å²) in [5.74, 6) is -0.0445. The smallest absolute Gasteiger partial charge is 0.254 e. The van der Waals surface area contributed by atoms with E-state index in [0.717, 1.165) is 24.0 Å². The zero-order valence-corrected chi connectivity index (χ0v) is 12.9. The van der Waals surface area contributed by atoms with E-state index in [9.17, 15) is 9.90 Å². The number of nitrogens with two attached hydrogens (primary N) is 1. The molecule has 1 aromatic rings. The molecule has 3 N–H and O–H groups in total. The molecule has 1 rings (SSSR count). The molecule has 1 amide bonds. The van der Waals surface area contributed by atoms with Gasteiger partial charge in [0.15, 0.2) is 0 Å². The maximum atomic E-state index is 12.7. The Morgan fingerprint density at radius 2 is 1.85 bits per heavy atom. The van der Waals surface area contributed by atoms with Crippen molar-refractivity contribution in [2.45, 2.75) is 46.6 Å². The molecule has 0 aliphatic heterocycles. The highest BCUT2D eigenvalue weighted by atomic mass is 16.3. The Morgan fingerprint density at radius 1 is 1.25 bits per heavy atom. The number of aliphatic hydroxyl groups is 1. The Bertz CT molecular complexity index is 468. The van der Waals surface area contributed by atoms with Gasteiger partial charge in [-0.15, -0.1) is 0 Å². The van der Waals surface area contributed by atoms with Gasteiger partial charge in [0.1, 0.15) is 0 Å². The first-order valence-corrected chi connectivity index (χ1v) is 7.24. The van der Waals surface area contributed by atoms with Gasteiger partial charge >= 0.3 is 0 Å². The quantitative estimate of drug-likeness (QED) is 0.786. The van der Waals surface area contributed by atoms with Crippen molar-refractivity contribution in [1.29, 1.82) is 0 Å². The summed E-state index contributed by atoms with van der Waals surface area (Å²) < 4.78 is 0. The summed E-state index contributed by atoms with van der Waals surface area (Å²) in [4.78, 5) is 14.5. The van der Waals surface area contributed by atoms with Gasteiger partial charge in [-0.05, 0) is 43.9 Å². The minimum absolute atomic E-state index is 0.0252. The van der Waals surface area contributed by atoms with Gasteiger partial charge in [0.25, 0.3) is 5.91 Å². The predicted molar refractivity (Wildman–Crippen MR) is 82.8 cm³/mol. The summed E-state index contributed by atoms with van der Waals surface area (Å²) in [6.45, 7) is 8.30. The molecule has 0 spiro atoms. The molecule has 112 valence electrons. The van der Waals surface area contributed by atoms with Gasteiger partial charge in [0.05, 0.1) is 6.61 Å². The molecule has 0 saturated carbocycles. The molecule has 0 atom stereocenters. The number of nitrogen functional groups attached to an aromatic ring is 1. The average Bonchev–Trinajstić information content (AvgIpc) is 2.42. The van der Waals surface area contributed by atoms with Crippen LogP contribution in [0.15, 0.2) is 12.1 Å². The SMILES string of the molecule is CCC(CC)N(CCO)C(=O)c1cc(N)c(C)cc1C. The highest BCUT2D eigenvalue weighted by Crippen LogP contribution is 2.21. The van der Waals surface area contributed by atoms with Crippen molar-refractivity contribution < 1.29 is 9.90 Å². The Kier molecular flexibility index (Phi) is 6.02. The summed E-state index contributed by atoms with van der Waals surface area (Å²) in [6, 6.07) is 3.84. The van der Waals surface area contributed by atoms with Crippen LogP contribution >= 0.6 is 0 Å². The summed E-state index contributed by atoms with van der Waals surface area (Å²) in [5.41, 5.74) is 9.10. The molecular weight excluding hydrogens is 252 g/mol. The molecule has 0 bridgehead atoms. The van der Waals surface area contributed by atoms with Crippen LogP contribution in [0.5, 0.6) is 0 Å². The summed E-state index contributed by atoms with van der Waals surface area (Å²) >= 11 is 0. The molecule has 20 heavy (non-hydrogen) atoms. The fourth-order valence-electron chi connectivity index (χ4n) is 2.54. The van der Waals surface area contributed by atoms with Gasteiger partial charge in [-0.2, -0.15) is 0 Å². The summed E-state index contributed by atoms with van der Waals surface area (Å²) in [5, 5.41) is 9.22. The zero-order valence-electron chi connectivity index (χ0n) is 12.9. The van der Waals surface area contributed by atoms with Crippen molar-refractivity contribution in [2.24, 2.45) is 0 Å². The fraction of sp³-hybridized carbons (Fsp3) is 0.562. The van der Waals surface area contributed by atoms with Crippen LogP contribution < -0.4 is 5.73 Å². The number of aryl methyl sites for hydroxylation is 2. The number of anilines is 1. The number of carbonyl (C=O) groups excluding carboxylic acids is 1. The van der Waals surface area contributed by atoms with E-state index in [1.54, 1.807) is 11.0 Å². The van der Waals surface area contributed by atoms with E-state index in [1.165, 1.54) is 0 Å². The first-order valence-electron chi connectivity index (χ1n) is 7.24. The third kappa shape index (κ3) is 3.51. The van der Waals surface area contributed by atoms with E-state index in [4.69, 9.17) is 5.73 Å². The van der Waals surface area contributed by atoms with Crippen molar-refractivity contribution in [3.63, 3.8) is 0 Å². The monoisotopic (exact) mass is 278 g/mol. The van der Waals surface area contributed by atoms with E-state index in [1.807, 2.05) is 19.9 Å². The van der Waals surface area contributed by atoms with Crippen LogP contribution in [0.3, 0.4) is 0 Å². The van der Waals surface area contributed by atoms with Crippen LogP contribution in [0, 0.1) is 13.8 Å². The maximum absolute atomic E-state index is 12.7. The first kappa shape index (κ1) is 16.5. The molecule has 0 aliphatic rings. The molecule has 4 nitrogen and oxygen atoms in total. The minimum atomic E-state index is -0.0445. The van der Waals surface area contributed by atoms with Crippen LogP contribution in [0.1, 0.15) is 48.2 Å². The standard InChI is InChI=1S/C16H26N2O2/c1-5-13(6-2)18(7-8-19)16(20)14-10-15(17)12(4)9-11(14)3/h9-10,13,19H,5-8,17H2,1-4H3. The van der Waals surface area contributed by atoms with E-state index < -0.39 is 0 Å². The van der Waals surface area contributed by atoms with Gasteiger partial charge in [-0.1, -0.05) is 19.9 Å². The summed E-state index contributed by atoms with van der Waals surface area (Å²) in [6.07, 6.45) is 1.76. The lowest BCUT2D eigenvalue weighted by Crippen LogP contribution is -2.41. The molecule has 4 heteroatoms. The number of hydrogen-bond donors (Lipinski definition) is 2. The number of hydrogen-bond acceptors (Lipinski definition) is 3. The maximum Gasteiger partial charge on any atom is 0.254 e. The fourth-order valence-corrected chi connectivity index (χ4v) is 2.54. The Balaban J connectivity index is 3.15. The Hall–Kier alpha value is -1.55. The van der Waals surface area contributed by atoms with Crippen LogP contribution in [0.2, 0.25) is 0 Å². The first-order chi connectivity index (χ1) is 9.46. The third-order valence-electron chi connectivity index (χ3n) is 3.83. The van der Waals surface area contributed by atoms with E-state index in [2.05, 4.69) is 13.8 Å². The van der Waals surface area contributed by atoms with Gasteiger partial charge in [-0.3, -0.25) is 4.79 Å². The lowest BCUT2D eigenvalue weighted by Gasteiger charge is -2.30. The van der Waals surface area contributed by atoms with Gasteiger partial charge in [-0.25, -0.2) is 0 Å². The molecule has 0 aromatic heterocycles. The molecule has 0 saturated heterocycles. The Morgan fingerprint density at radius 3 is 2.35 bits per heavy atom. The summed E-state index contributed by atoms with van der Waals surface area (Å²) in [7, 11) is 0. The number of benzene rings is 1. The third-order valence-corrected chi connectivity index (χ3v) is 3.83. The lowest BCUT2D eigenvalue weighted by molar-refractivity contribution is 0.0621. The van der Waals surface area contributed by atoms with Gasteiger partial charge in [0, 0.05) is 23.8 Å². The number of rotatable bonds is 6. The zero-order chi connectivity index (χ0) is 15.3. The largest absolute Gasteiger partial charge is 0.398 e. The van der Waals surface area contributed by atoms with E-state index in [-0.39, 0.29) is 18.6 Å². The minimum Gasteiger partial charge on any atom is -0.398 e. The van der Waals surface area contributed by atoms with Crippen molar-refractivity contribution in [3.8, 4) is 0 Å². The van der Waals surface area contributed by atoms with Crippen LogP contribution in [0.25, 0.3) is 0 Å². The van der Waals surface area contributed by atoms with E-state index in [0.29, 0.717) is 17.8 Å². The number of nitrogens with zero attached hydrogens (tertiary/aromatic N) is 1. The normalized spacial score (nSPS) is 10.9. The van der Waals surface area contributed by atoms with Gasteiger partial charge in [0.2, 0.25) is 0 Å². The average molecular weight is 278 g/mol. The van der Waals surface area contributed by atoms with E-state index >= 15 is 0 Å². The number of amides is 1. The van der Waals surface area contributed by atoms with Crippen molar-refractivity contribution >= 4 is 11.6 Å². The van der Waals surface area contributed by atoms with Crippen molar-refractivity contribution in [3.05, 3.63) is 28.8 Å². The highest BCUT2D eigenvalue weighted by Gasteiger charge is 2.23. The molecule has 0 unspecified atom stereocenters. The predicted octanol–water partition coefficient (Wildman–Crippen LogP) is 2.51. The Labute approximate surface area is 121 Å². The second-order valence-electron chi connectivity index (χ2n) is 5.22.